The van der Waals surface area contributed by atoms with Crippen LogP contribution in [0.5, 0.6) is 0 Å². The van der Waals surface area contributed by atoms with E-state index in [9.17, 15) is 20.4 Å². The van der Waals surface area contributed by atoms with Crippen LogP contribution in [0.3, 0.4) is 0 Å². The van der Waals surface area contributed by atoms with Crippen molar-refractivity contribution in [2.24, 2.45) is 28.7 Å². The van der Waals surface area contributed by atoms with Gasteiger partial charge < -0.3 is 72.8 Å². The van der Waals surface area contributed by atoms with E-state index in [2.05, 4.69) is 12.6 Å². The van der Waals surface area contributed by atoms with Gasteiger partial charge in [-0.1, -0.05) is 0 Å². The molecule has 14 N–H and O–H groups in total. The van der Waals surface area contributed by atoms with Crippen LogP contribution in [0.4, 0.5) is 0 Å². The van der Waals surface area contributed by atoms with Gasteiger partial charge in [-0.15, -0.1) is 0 Å². The Morgan fingerprint density at radius 2 is 1.42 bits per heavy atom. The minimum Gasteiger partial charge on any atom is -0.390 e. The van der Waals surface area contributed by atoms with Crippen LogP contribution in [0, 0.1) is 0 Å². The highest BCUT2D eigenvalue weighted by atomic mass is 32.2. The maximum atomic E-state index is 11.2. The van der Waals surface area contributed by atoms with Crippen molar-refractivity contribution in [1.29, 1.82) is 0 Å². The SMILES string of the molecule is NCC1OC(OC2C(N)CC(N)C(OC3OC(CSCCOCCS)C(O)C(N)C3O)C2O)C(N)CC1O. The van der Waals surface area contributed by atoms with Crippen LogP contribution >= 0.6 is 24.4 Å². The monoisotopic (exact) mass is 587 g/mol. The predicted molar refractivity (Wildman–Crippen MR) is 143 cm³/mol. The Morgan fingerprint density at radius 3 is 2.05 bits per heavy atom. The molecule has 38 heavy (non-hydrogen) atoms. The number of aliphatic hydroxyl groups excluding tert-OH is 4. The maximum absolute atomic E-state index is 11.2. The molecule has 3 rings (SSSR count). The van der Waals surface area contributed by atoms with E-state index in [1.807, 2.05) is 0 Å². The molecule has 14 unspecified atom stereocenters. The summed E-state index contributed by atoms with van der Waals surface area (Å²) in [5.41, 5.74) is 30.4. The molecule has 0 radical (unpaired) electrons. The first-order chi connectivity index (χ1) is 18.1. The molecule has 1 saturated carbocycles. The lowest BCUT2D eigenvalue weighted by atomic mass is 9.84. The van der Waals surface area contributed by atoms with Crippen molar-refractivity contribution in [3.05, 3.63) is 0 Å². The number of aliphatic hydroxyl groups is 4. The highest BCUT2D eigenvalue weighted by molar-refractivity contribution is 7.99. The van der Waals surface area contributed by atoms with E-state index in [4.69, 9.17) is 52.4 Å². The first-order valence-electron chi connectivity index (χ1n) is 12.9. The van der Waals surface area contributed by atoms with Gasteiger partial charge in [-0.05, 0) is 12.8 Å². The Balaban J connectivity index is 1.62. The number of nitrogens with two attached hydrogens (primary N) is 5. The fraction of sp³-hybridized carbons (Fsp3) is 1.00. The summed E-state index contributed by atoms with van der Waals surface area (Å²) in [5, 5.41) is 42.5. The predicted octanol–water partition coefficient (Wildman–Crippen LogP) is -4.61. The molecular weight excluding hydrogens is 542 g/mol. The normalized spacial score (nSPS) is 46.3. The Kier molecular flexibility index (Phi) is 13.2. The Hall–Kier alpha value is 0.140. The third-order valence-electron chi connectivity index (χ3n) is 7.12. The van der Waals surface area contributed by atoms with Gasteiger partial charge >= 0.3 is 0 Å². The van der Waals surface area contributed by atoms with Crippen molar-refractivity contribution >= 4 is 24.4 Å². The molecule has 0 amide bonds. The van der Waals surface area contributed by atoms with Crippen LogP contribution in [-0.4, -0.2) is 143 Å². The summed E-state index contributed by atoms with van der Waals surface area (Å²) in [6, 6.07) is -3.10. The average Bonchev–Trinajstić information content (AvgIpc) is 2.88. The molecule has 1 aliphatic carbocycles. The fourth-order valence-corrected chi connectivity index (χ4v) is 5.94. The Labute approximate surface area is 232 Å². The first kappa shape index (κ1) is 32.7. The standard InChI is InChI=1S/C22H45N5O9S2/c23-7-13-12(28)6-11(26)21(33-13)35-19-9(24)5-10(25)20(18(19)31)36-22-17(30)15(27)16(29)14(34-22)8-38-4-2-32-1-3-37/h9-22,28-31,37H,1-8,23-27H2. The molecule has 0 spiro atoms. The molecule has 0 aromatic rings. The molecule has 224 valence electrons. The highest BCUT2D eigenvalue weighted by Gasteiger charge is 2.50. The second kappa shape index (κ2) is 15.4. The number of thiol groups is 1. The average molecular weight is 588 g/mol. The van der Waals surface area contributed by atoms with E-state index in [1.54, 1.807) is 0 Å². The molecule has 3 aliphatic rings. The number of ether oxygens (including phenoxy) is 5. The number of hydrogen-bond donors (Lipinski definition) is 10. The van der Waals surface area contributed by atoms with Gasteiger partial charge in [-0.2, -0.15) is 24.4 Å². The van der Waals surface area contributed by atoms with Crippen LogP contribution < -0.4 is 28.7 Å². The molecule has 3 fully saturated rings. The van der Waals surface area contributed by atoms with Crippen molar-refractivity contribution in [3.63, 3.8) is 0 Å². The molecule has 0 bridgehead atoms. The minimum atomic E-state index is -1.37. The zero-order valence-corrected chi connectivity index (χ0v) is 23.0. The van der Waals surface area contributed by atoms with Gasteiger partial charge in [-0.25, -0.2) is 0 Å². The van der Waals surface area contributed by atoms with Gasteiger partial charge in [0.25, 0.3) is 0 Å². The topological polar surface area (TPSA) is 257 Å². The summed E-state index contributed by atoms with van der Waals surface area (Å²) >= 11 is 5.59. The Bertz CT molecular complexity index is 710. The third kappa shape index (κ3) is 8.12. The van der Waals surface area contributed by atoms with E-state index in [-0.39, 0.29) is 19.4 Å². The largest absolute Gasteiger partial charge is 0.390 e. The lowest BCUT2D eigenvalue weighted by Crippen LogP contribution is -2.68. The fourth-order valence-electron chi connectivity index (χ4n) is 4.90. The van der Waals surface area contributed by atoms with Gasteiger partial charge in [0.2, 0.25) is 0 Å². The summed E-state index contributed by atoms with van der Waals surface area (Å²) < 4.78 is 28.9. The molecule has 14 nitrogen and oxygen atoms in total. The number of thioether (sulfide) groups is 1. The third-order valence-corrected chi connectivity index (χ3v) is 8.33. The van der Waals surface area contributed by atoms with Crippen molar-refractivity contribution in [1.82, 2.24) is 0 Å². The van der Waals surface area contributed by atoms with Crippen LogP contribution in [0.15, 0.2) is 0 Å². The van der Waals surface area contributed by atoms with Crippen LogP contribution in [0.25, 0.3) is 0 Å². The highest BCUT2D eigenvalue weighted by Crippen LogP contribution is 2.31. The quantitative estimate of drug-likeness (QED) is 0.0761. The maximum Gasteiger partial charge on any atom is 0.186 e. The summed E-state index contributed by atoms with van der Waals surface area (Å²) in [7, 11) is 0. The number of rotatable bonds is 12. The zero-order valence-electron chi connectivity index (χ0n) is 21.3. The van der Waals surface area contributed by atoms with E-state index in [0.717, 1.165) is 0 Å². The van der Waals surface area contributed by atoms with Gasteiger partial charge in [0.05, 0.1) is 49.7 Å². The Morgan fingerprint density at radius 1 is 0.789 bits per heavy atom. The molecule has 2 heterocycles. The van der Waals surface area contributed by atoms with Crippen LogP contribution in [0.2, 0.25) is 0 Å². The summed E-state index contributed by atoms with van der Waals surface area (Å²) in [6.45, 7) is 1.13. The van der Waals surface area contributed by atoms with Crippen LogP contribution in [-0.2, 0) is 23.7 Å². The van der Waals surface area contributed by atoms with E-state index >= 15 is 0 Å². The van der Waals surface area contributed by atoms with Gasteiger partial charge in [0.15, 0.2) is 12.6 Å². The molecular formula is C22H45N5O9S2. The lowest BCUT2D eigenvalue weighted by molar-refractivity contribution is -0.309. The first-order valence-corrected chi connectivity index (χ1v) is 14.7. The van der Waals surface area contributed by atoms with E-state index < -0.39 is 85.6 Å². The van der Waals surface area contributed by atoms with Crippen molar-refractivity contribution in [2.45, 2.75) is 98.4 Å². The molecule has 0 aromatic carbocycles. The molecule has 2 saturated heterocycles. The van der Waals surface area contributed by atoms with Crippen molar-refractivity contribution in [2.75, 3.05) is 37.0 Å². The van der Waals surface area contributed by atoms with Gasteiger partial charge in [-0.3, -0.25) is 0 Å². The summed E-state index contributed by atoms with van der Waals surface area (Å²) in [5.74, 6) is 1.68. The van der Waals surface area contributed by atoms with E-state index in [0.29, 0.717) is 30.5 Å². The summed E-state index contributed by atoms with van der Waals surface area (Å²) in [4.78, 5) is 0. The zero-order chi connectivity index (χ0) is 28.0. The second-order valence-corrected chi connectivity index (χ2v) is 11.6. The molecule has 16 heteroatoms. The molecule has 2 aliphatic heterocycles. The minimum absolute atomic E-state index is 0.0643. The van der Waals surface area contributed by atoms with Crippen LogP contribution in [0.1, 0.15) is 12.8 Å². The molecule has 14 atom stereocenters. The van der Waals surface area contributed by atoms with Gasteiger partial charge in [0, 0.05) is 35.9 Å². The second-order valence-electron chi connectivity index (χ2n) is 10.0. The summed E-state index contributed by atoms with van der Waals surface area (Å²) in [6.07, 6.45) is -9.88. The smallest absolute Gasteiger partial charge is 0.186 e. The van der Waals surface area contributed by atoms with Crippen molar-refractivity contribution in [3.8, 4) is 0 Å². The molecule has 0 aromatic heterocycles. The number of hydrogen-bond acceptors (Lipinski definition) is 16. The van der Waals surface area contributed by atoms with Crippen molar-refractivity contribution < 1.29 is 44.1 Å². The lowest BCUT2D eigenvalue weighted by Gasteiger charge is -2.48. The van der Waals surface area contributed by atoms with Gasteiger partial charge in [0.1, 0.15) is 24.4 Å². The van der Waals surface area contributed by atoms with E-state index in [1.165, 1.54) is 11.8 Å².